The SMILES string of the molecule is COC(=O)c1ccc(NCC(=O)Nc2ccccc2C(C)(C)C)cc1. The predicted octanol–water partition coefficient (Wildman–Crippen LogP) is 3.82. The average Bonchev–Trinajstić information content (AvgIpc) is 2.59. The lowest BCUT2D eigenvalue weighted by Crippen LogP contribution is -2.24. The Kier molecular flexibility index (Phi) is 5.80. The molecule has 2 aromatic carbocycles. The molecule has 2 rings (SSSR count). The lowest BCUT2D eigenvalue weighted by Gasteiger charge is -2.23. The van der Waals surface area contributed by atoms with E-state index in [4.69, 9.17) is 0 Å². The van der Waals surface area contributed by atoms with E-state index in [2.05, 4.69) is 36.1 Å². The van der Waals surface area contributed by atoms with E-state index in [1.807, 2.05) is 24.3 Å². The molecule has 0 aliphatic heterocycles. The van der Waals surface area contributed by atoms with Crippen molar-refractivity contribution in [3.05, 3.63) is 59.7 Å². The van der Waals surface area contributed by atoms with Crippen LogP contribution in [0.3, 0.4) is 0 Å². The highest BCUT2D eigenvalue weighted by Crippen LogP contribution is 2.29. The van der Waals surface area contributed by atoms with Crippen molar-refractivity contribution in [2.45, 2.75) is 26.2 Å². The van der Waals surface area contributed by atoms with Crippen molar-refractivity contribution in [2.75, 3.05) is 24.3 Å². The number of nitrogens with one attached hydrogen (secondary N) is 2. The number of rotatable bonds is 5. The standard InChI is InChI=1S/C20H24N2O3/c1-20(2,3)16-7-5-6-8-17(16)22-18(23)13-21-15-11-9-14(10-12-15)19(24)25-4/h5-12,21H,13H2,1-4H3,(H,22,23). The molecule has 0 unspecified atom stereocenters. The third-order valence-electron chi connectivity index (χ3n) is 3.77. The summed E-state index contributed by atoms with van der Waals surface area (Å²) in [6.45, 7) is 6.47. The zero-order chi connectivity index (χ0) is 18.4. The molecule has 0 aliphatic carbocycles. The van der Waals surface area contributed by atoms with Crippen molar-refractivity contribution in [3.8, 4) is 0 Å². The zero-order valence-electron chi connectivity index (χ0n) is 15.1. The minimum absolute atomic E-state index is 0.0545. The van der Waals surface area contributed by atoms with Gasteiger partial charge in [-0.25, -0.2) is 4.79 Å². The van der Waals surface area contributed by atoms with Crippen LogP contribution in [0.5, 0.6) is 0 Å². The maximum Gasteiger partial charge on any atom is 0.337 e. The van der Waals surface area contributed by atoms with E-state index in [0.29, 0.717) is 5.56 Å². The largest absolute Gasteiger partial charge is 0.465 e. The molecule has 5 heteroatoms. The molecule has 0 heterocycles. The van der Waals surface area contributed by atoms with Crippen LogP contribution in [0.4, 0.5) is 11.4 Å². The Morgan fingerprint density at radius 3 is 2.24 bits per heavy atom. The summed E-state index contributed by atoms with van der Waals surface area (Å²) in [5.74, 6) is -0.517. The summed E-state index contributed by atoms with van der Waals surface area (Å²) in [5, 5.41) is 5.99. The normalized spacial score (nSPS) is 10.9. The summed E-state index contributed by atoms with van der Waals surface area (Å²) in [5.41, 5.74) is 3.08. The lowest BCUT2D eigenvalue weighted by atomic mass is 9.86. The van der Waals surface area contributed by atoms with Gasteiger partial charge >= 0.3 is 5.97 Å². The first kappa shape index (κ1) is 18.5. The van der Waals surface area contributed by atoms with Crippen LogP contribution < -0.4 is 10.6 Å². The Bertz CT molecular complexity index is 746. The highest BCUT2D eigenvalue weighted by Gasteiger charge is 2.18. The van der Waals surface area contributed by atoms with Crippen molar-refractivity contribution in [2.24, 2.45) is 0 Å². The zero-order valence-corrected chi connectivity index (χ0v) is 15.1. The summed E-state index contributed by atoms with van der Waals surface area (Å²) in [7, 11) is 1.34. The monoisotopic (exact) mass is 340 g/mol. The maximum atomic E-state index is 12.2. The summed E-state index contributed by atoms with van der Waals surface area (Å²) >= 11 is 0. The number of esters is 1. The number of hydrogen-bond acceptors (Lipinski definition) is 4. The summed E-state index contributed by atoms with van der Waals surface area (Å²) in [6, 6.07) is 14.6. The van der Waals surface area contributed by atoms with Gasteiger partial charge < -0.3 is 15.4 Å². The van der Waals surface area contributed by atoms with Crippen molar-refractivity contribution >= 4 is 23.3 Å². The molecule has 0 radical (unpaired) electrons. The molecular weight excluding hydrogens is 316 g/mol. The average molecular weight is 340 g/mol. The molecule has 25 heavy (non-hydrogen) atoms. The molecule has 0 fully saturated rings. The number of amides is 1. The van der Waals surface area contributed by atoms with Crippen molar-refractivity contribution in [1.29, 1.82) is 0 Å². The van der Waals surface area contributed by atoms with Crippen LogP contribution in [0.2, 0.25) is 0 Å². The first-order valence-electron chi connectivity index (χ1n) is 8.13. The molecule has 0 spiro atoms. The molecule has 0 bridgehead atoms. The van der Waals surface area contributed by atoms with Crippen LogP contribution in [-0.4, -0.2) is 25.5 Å². The van der Waals surface area contributed by atoms with Gasteiger partial charge in [0.2, 0.25) is 5.91 Å². The number of benzene rings is 2. The Morgan fingerprint density at radius 1 is 1.00 bits per heavy atom. The number of carbonyl (C=O) groups excluding carboxylic acids is 2. The van der Waals surface area contributed by atoms with Crippen molar-refractivity contribution in [3.63, 3.8) is 0 Å². The number of anilines is 2. The van der Waals surface area contributed by atoms with E-state index in [9.17, 15) is 9.59 Å². The molecule has 0 aliphatic rings. The van der Waals surface area contributed by atoms with Gasteiger partial charge in [0.15, 0.2) is 0 Å². The van der Waals surface area contributed by atoms with Gasteiger partial charge in [-0.05, 0) is 41.3 Å². The molecule has 0 saturated carbocycles. The number of methoxy groups -OCH3 is 1. The molecular formula is C20H24N2O3. The van der Waals surface area contributed by atoms with Crippen LogP contribution in [0, 0.1) is 0 Å². The Morgan fingerprint density at radius 2 is 1.64 bits per heavy atom. The molecule has 1 amide bonds. The molecule has 2 N–H and O–H groups in total. The van der Waals surface area contributed by atoms with Gasteiger partial charge in [-0.15, -0.1) is 0 Å². The van der Waals surface area contributed by atoms with Crippen LogP contribution in [0.15, 0.2) is 48.5 Å². The molecule has 0 aromatic heterocycles. The fraction of sp³-hybridized carbons (Fsp3) is 0.300. The third-order valence-corrected chi connectivity index (χ3v) is 3.77. The number of ether oxygens (including phenoxy) is 1. The van der Waals surface area contributed by atoms with Crippen LogP contribution in [-0.2, 0) is 14.9 Å². The molecule has 2 aromatic rings. The van der Waals surface area contributed by atoms with E-state index in [1.165, 1.54) is 7.11 Å². The topological polar surface area (TPSA) is 67.4 Å². The summed E-state index contributed by atoms with van der Waals surface area (Å²) < 4.78 is 4.66. The van der Waals surface area contributed by atoms with Gasteiger partial charge in [0.1, 0.15) is 0 Å². The Labute approximate surface area is 148 Å². The van der Waals surface area contributed by atoms with Gasteiger partial charge in [0.05, 0.1) is 19.2 Å². The lowest BCUT2D eigenvalue weighted by molar-refractivity contribution is -0.114. The first-order chi connectivity index (χ1) is 11.8. The highest BCUT2D eigenvalue weighted by molar-refractivity contribution is 5.94. The molecule has 5 nitrogen and oxygen atoms in total. The maximum absolute atomic E-state index is 12.2. The van der Waals surface area contributed by atoms with Gasteiger partial charge in [0, 0.05) is 11.4 Å². The van der Waals surface area contributed by atoms with Crippen LogP contribution in [0.25, 0.3) is 0 Å². The van der Waals surface area contributed by atoms with Crippen molar-refractivity contribution in [1.82, 2.24) is 0 Å². The molecule has 0 atom stereocenters. The van der Waals surface area contributed by atoms with Crippen molar-refractivity contribution < 1.29 is 14.3 Å². The number of carbonyl (C=O) groups is 2. The second kappa shape index (κ2) is 7.83. The number of para-hydroxylation sites is 1. The van der Waals surface area contributed by atoms with E-state index in [1.54, 1.807) is 24.3 Å². The highest BCUT2D eigenvalue weighted by atomic mass is 16.5. The summed E-state index contributed by atoms with van der Waals surface area (Å²) in [6.07, 6.45) is 0. The molecule has 132 valence electrons. The van der Waals surface area contributed by atoms with E-state index < -0.39 is 0 Å². The second-order valence-electron chi connectivity index (χ2n) is 6.77. The quantitative estimate of drug-likeness (QED) is 0.812. The minimum Gasteiger partial charge on any atom is -0.465 e. The summed E-state index contributed by atoms with van der Waals surface area (Å²) in [4.78, 5) is 23.6. The first-order valence-corrected chi connectivity index (χ1v) is 8.13. The van der Waals surface area contributed by atoms with Crippen LogP contribution >= 0.6 is 0 Å². The Hall–Kier alpha value is -2.82. The Balaban J connectivity index is 1.97. The van der Waals surface area contributed by atoms with Gasteiger partial charge in [-0.3, -0.25) is 4.79 Å². The van der Waals surface area contributed by atoms with E-state index in [-0.39, 0.29) is 23.8 Å². The minimum atomic E-state index is -0.386. The molecule has 0 saturated heterocycles. The third kappa shape index (κ3) is 5.08. The van der Waals surface area contributed by atoms with E-state index >= 15 is 0 Å². The van der Waals surface area contributed by atoms with Gasteiger partial charge in [-0.2, -0.15) is 0 Å². The second-order valence-corrected chi connectivity index (χ2v) is 6.77. The predicted molar refractivity (Wildman–Crippen MR) is 100 cm³/mol. The van der Waals surface area contributed by atoms with Gasteiger partial charge in [-0.1, -0.05) is 39.0 Å². The number of hydrogen-bond donors (Lipinski definition) is 2. The van der Waals surface area contributed by atoms with E-state index in [0.717, 1.165) is 16.9 Å². The fourth-order valence-electron chi connectivity index (χ4n) is 2.46. The van der Waals surface area contributed by atoms with Gasteiger partial charge in [0.25, 0.3) is 0 Å². The fourth-order valence-corrected chi connectivity index (χ4v) is 2.46. The van der Waals surface area contributed by atoms with Crippen LogP contribution in [0.1, 0.15) is 36.7 Å². The smallest absolute Gasteiger partial charge is 0.337 e.